The fourth-order valence-electron chi connectivity index (χ4n) is 2.03. The molecule has 1 heterocycles. The summed E-state index contributed by atoms with van der Waals surface area (Å²) in [6.07, 6.45) is 0.574. The van der Waals surface area contributed by atoms with Gasteiger partial charge in [-0.3, -0.25) is 0 Å². The number of hydrogen-bond donors (Lipinski definition) is 2. The van der Waals surface area contributed by atoms with Crippen LogP contribution < -0.4 is 11.1 Å². The Bertz CT molecular complexity index is 455. The average Bonchev–Trinajstić information content (AvgIpc) is 2.52. The van der Waals surface area contributed by atoms with Crippen molar-refractivity contribution in [3.05, 3.63) is 36.2 Å². The van der Waals surface area contributed by atoms with E-state index in [4.69, 9.17) is 5.73 Å². The van der Waals surface area contributed by atoms with Crippen molar-refractivity contribution in [2.45, 2.75) is 4.90 Å². The molecular weight excluding hydrogens is 287 g/mol. The lowest BCUT2D eigenvalue weighted by atomic mass is 10.2. The summed E-state index contributed by atoms with van der Waals surface area (Å²) in [5, 5.41) is 3.17. The van der Waals surface area contributed by atoms with Crippen LogP contribution in [0, 0.1) is 0 Å². The fourth-order valence-corrected chi connectivity index (χ4v) is 2.93. The molecule has 0 saturated carbocycles. The molecule has 0 aliphatic carbocycles. The highest BCUT2D eigenvalue weighted by Gasteiger charge is 2.14. The van der Waals surface area contributed by atoms with Crippen molar-refractivity contribution in [3.8, 4) is 0 Å². The van der Waals surface area contributed by atoms with E-state index >= 15 is 0 Å². The van der Waals surface area contributed by atoms with Gasteiger partial charge in [-0.05, 0) is 48.8 Å². The van der Waals surface area contributed by atoms with E-state index in [0.717, 1.165) is 31.9 Å². The van der Waals surface area contributed by atoms with Gasteiger partial charge in [-0.25, -0.2) is 8.70 Å². The molecule has 21 heavy (non-hydrogen) atoms. The second-order valence-electron chi connectivity index (χ2n) is 5.17. The molecule has 0 amide bonds. The molecule has 1 aliphatic rings. The highest BCUT2D eigenvalue weighted by molar-refractivity contribution is 7.97. The third-order valence-corrected chi connectivity index (χ3v) is 4.59. The van der Waals surface area contributed by atoms with Crippen LogP contribution in [0.5, 0.6) is 0 Å². The van der Waals surface area contributed by atoms with Crippen molar-refractivity contribution in [2.24, 2.45) is 5.73 Å². The first-order valence-corrected chi connectivity index (χ1v) is 7.92. The number of nitrogens with zero attached hydrogens (tertiary/aromatic N) is 2. The van der Waals surface area contributed by atoms with Crippen LogP contribution in [0.2, 0.25) is 0 Å². The molecule has 0 atom stereocenters. The lowest BCUT2D eigenvalue weighted by Gasteiger charge is -2.31. The monoisotopic (exact) mass is 310 g/mol. The number of likely N-dealkylation sites (N-methyl/N-ethyl adjacent to an activating group) is 1. The molecule has 0 bridgehead atoms. The Hall–Kier alpha value is -1.08. The molecule has 0 unspecified atom stereocenters. The van der Waals surface area contributed by atoms with E-state index < -0.39 is 0 Å². The first kappa shape index (κ1) is 16.3. The summed E-state index contributed by atoms with van der Waals surface area (Å²) in [6, 6.07) is 8.22. The van der Waals surface area contributed by atoms with Crippen molar-refractivity contribution in [2.75, 3.05) is 51.6 Å². The largest absolute Gasteiger partial charge is 0.381 e. The number of rotatable bonds is 6. The quantitative estimate of drug-likeness (QED) is 0.789. The van der Waals surface area contributed by atoms with Crippen molar-refractivity contribution in [1.29, 1.82) is 0 Å². The molecule has 0 radical (unpaired) electrons. The second-order valence-corrected chi connectivity index (χ2v) is 6.34. The Kier molecular flexibility index (Phi) is 6.50. The first-order valence-electron chi connectivity index (χ1n) is 7.15. The van der Waals surface area contributed by atoms with E-state index in [2.05, 4.69) is 33.7 Å². The SMILES string of the molecule is CN1CCN(Sc2ccc(NC/C(=C\F)CN)cc2)CC1. The number of benzene rings is 1. The van der Waals surface area contributed by atoms with Gasteiger partial charge in [0.05, 0.1) is 6.33 Å². The van der Waals surface area contributed by atoms with Gasteiger partial charge in [0.1, 0.15) is 0 Å². The van der Waals surface area contributed by atoms with Crippen LogP contribution in [-0.4, -0.2) is 55.5 Å². The highest BCUT2D eigenvalue weighted by Crippen LogP contribution is 2.25. The molecule has 1 saturated heterocycles. The lowest BCUT2D eigenvalue weighted by Crippen LogP contribution is -2.40. The maximum Gasteiger partial charge on any atom is 0.0889 e. The van der Waals surface area contributed by atoms with Crippen LogP contribution in [-0.2, 0) is 0 Å². The Morgan fingerprint density at radius 1 is 1.29 bits per heavy atom. The maximum absolute atomic E-state index is 12.4. The molecule has 1 aromatic rings. The van der Waals surface area contributed by atoms with Gasteiger partial charge >= 0.3 is 0 Å². The minimum Gasteiger partial charge on any atom is -0.381 e. The minimum absolute atomic E-state index is 0.237. The van der Waals surface area contributed by atoms with Gasteiger partial charge < -0.3 is 16.0 Å². The summed E-state index contributed by atoms with van der Waals surface area (Å²) in [6.45, 7) is 5.08. The Morgan fingerprint density at radius 2 is 1.95 bits per heavy atom. The van der Waals surface area contributed by atoms with Crippen molar-refractivity contribution >= 4 is 17.6 Å². The van der Waals surface area contributed by atoms with Gasteiger partial charge in [-0.15, -0.1) is 0 Å². The Balaban J connectivity index is 1.81. The smallest absolute Gasteiger partial charge is 0.0889 e. The second kappa shape index (κ2) is 8.38. The van der Waals surface area contributed by atoms with E-state index in [1.54, 1.807) is 11.9 Å². The van der Waals surface area contributed by atoms with Crippen molar-refractivity contribution in [1.82, 2.24) is 9.21 Å². The molecule has 116 valence electrons. The minimum atomic E-state index is 0.237. The maximum atomic E-state index is 12.4. The zero-order valence-corrected chi connectivity index (χ0v) is 13.2. The standard InChI is InChI=1S/C15H23FN4S/c1-19-6-8-20(9-7-19)21-15-4-2-14(3-5-15)18-12-13(10-16)11-17/h2-5,10,18H,6-9,11-12,17H2,1H3/b13-10-. The average molecular weight is 310 g/mol. The summed E-state index contributed by atoms with van der Waals surface area (Å²) in [7, 11) is 2.16. The third-order valence-electron chi connectivity index (χ3n) is 3.49. The van der Waals surface area contributed by atoms with Gasteiger partial charge in [-0.1, -0.05) is 0 Å². The van der Waals surface area contributed by atoms with E-state index in [1.165, 1.54) is 4.90 Å². The summed E-state index contributed by atoms with van der Waals surface area (Å²) in [5.41, 5.74) is 6.96. The molecule has 0 aromatic heterocycles. The molecular formula is C15H23FN4S. The van der Waals surface area contributed by atoms with Gasteiger partial charge in [0, 0.05) is 49.9 Å². The zero-order valence-electron chi connectivity index (χ0n) is 12.4. The molecule has 2 rings (SSSR count). The van der Waals surface area contributed by atoms with E-state index in [-0.39, 0.29) is 6.54 Å². The third kappa shape index (κ3) is 5.32. The number of anilines is 1. The van der Waals surface area contributed by atoms with Crippen LogP contribution in [0.25, 0.3) is 0 Å². The summed E-state index contributed by atoms with van der Waals surface area (Å²) in [4.78, 5) is 3.57. The highest BCUT2D eigenvalue weighted by atomic mass is 32.2. The number of hydrogen-bond acceptors (Lipinski definition) is 5. The van der Waals surface area contributed by atoms with E-state index in [0.29, 0.717) is 18.4 Å². The predicted molar refractivity (Wildman–Crippen MR) is 88.1 cm³/mol. The molecule has 3 N–H and O–H groups in total. The Labute approximate surface area is 130 Å². The van der Waals surface area contributed by atoms with Crippen LogP contribution in [0.15, 0.2) is 41.1 Å². The van der Waals surface area contributed by atoms with Crippen molar-refractivity contribution in [3.63, 3.8) is 0 Å². The van der Waals surface area contributed by atoms with Gasteiger partial charge in [0.2, 0.25) is 0 Å². The molecule has 1 aromatic carbocycles. The predicted octanol–water partition coefficient (Wildman–Crippen LogP) is 2.17. The normalized spacial score (nSPS) is 18.0. The van der Waals surface area contributed by atoms with Crippen LogP contribution in [0.1, 0.15) is 0 Å². The topological polar surface area (TPSA) is 44.5 Å². The van der Waals surface area contributed by atoms with E-state index in [1.807, 2.05) is 12.1 Å². The van der Waals surface area contributed by atoms with Crippen molar-refractivity contribution < 1.29 is 4.39 Å². The van der Waals surface area contributed by atoms with Gasteiger partial charge in [0.15, 0.2) is 0 Å². The molecule has 0 spiro atoms. The van der Waals surface area contributed by atoms with Gasteiger partial charge in [-0.2, -0.15) is 0 Å². The summed E-state index contributed by atoms with van der Waals surface area (Å²) < 4.78 is 14.8. The summed E-state index contributed by atoms with van der Waals surface area (Å²) >= 11 is 1.80. The van der Waals surface area contributed by atoms with Gasteiger partial charge in [0.25, 0.3) is 0 Å². The molecule has 6 heteroatoms. The molecule has 1 fully saturated rings. The van der Waals surface area contributed by atoms with Crippen LogP contribution in [0.4, 0.5) is 10.1 Å². The lowest BCUT2D eigenvalue weighted by molar-refractivity contribution is 0.233. The first-order chi connectivity index (χ1) is 10.2. The molecule has 1 aliphatic heterocycles. The summed E-state index contributed by atoms with van der Waals surface area (Å²) in [5.74, 6) is 0. The van der Waals surface area contributed by atoms with E-state index in [9.17, 15) is 4.39 Å². The Morgan fingerprint density at radius 3 is 2.52 bits per heavy atom. The number of piperazine rings is 1. The molecule has 4 nitrogen and oxygen atoms in total. The fraction of sp³-hybridized carbons (Fsp3) is 0.467. The number of nitrogens with one attached hydrogen (secondary N) is 1. The number of nitrogens with two attached hydrogens (primary N) is 1. The zero-order chi connectivity index (χ0) is 15.1. The van der Waals surface area contributed by atoms with Crippen LogP contribution in [0.3, 0.4) is 0 Å². The van der Waals surface area contributed by atoms with Crippen LogP contribution >= 0.6 is 11.9 Å². The number of halogens is 1.